The van der Waals surface area contributed by atoms with Crippen LogP contribution >= 0.6 is 15.9 Å². The summed E-state index contributed by atoms with van der Waals surface area (Å²) in [6, 6.07) is 10.6. The minimum Gasteiger partial charge on any atom is -0.464 e. The third-order valence-electron chi connectivity index (χ3n) is 3.30. The van der Waals surface area contributed by atoms with Gasteiger partial charge in [-0.1, -0.05) is 15.9 Å². The molecule has 0 saturated carbocycles. The fourth-order valence-corrected chi connectivity index (χ4v) is 2.58. The summed E-state index contributed by atoms with van der Waals surface area (Å²) in [5.74, 6) is 1.46. The van der Waals surface area contributed by atoms with E-state index in [0.717, 1.165) is 21.7 Å². The van der Waals surface area contributed by atoms with Crippen LogP contribution in [0.2, 0.25) is 0 Å². The summed E-state index contributed by atoms with van der Waals surface area (Å²) in [7, 11) is 0. The number of furan rings is 1. The van der Waals surface area contributed by atoms with Crippen LogP contribution in [0.4, 0.5) is 5.69 Å². The van der Waals surface area contributed by atoms with E-state index >= 15 is 0 Å². The zero-order valence-corrected chi connectivity index (χ0v) is 11.9. The molecule has 2 aromatic rings. The Morgan fingerprint density at radius 1 is 1.21 bits per heavy atom. The van der Waals surface area contributed by atoms with E-state index in [1.165, 1.54) is 0 Å². The zero-order chi connectivity index (χ0) is 13.6. The lowest BCUT2D eigenvalue weighted by molar-refractivity contribution is -0.126. The molecule has 1 aliphatic rings. The Morgan fingerprint density at radius 3 is 2.47 bits per heavy atom. The van der Waals surface area contributed by atoms with Gasteiger partial charge in [0.25, 0.3) is 0 Å². The second-order valence-corrected chi connectivity index (χ2v) is 5.52. The monoisotopic (exact) mass is 320 g/mol. The van der Waals surface area contributed by atoms with E-state index in [2.05, 4.69) is 15.9 Å². The van der Waals surface area contributed by atoms with Crippen molar-refractivity contribution in [3.05, 3.63) is 52.4 Å². The van der Waals surface area contributed by atoms with Gasteiger partial charge in [-0.05, 0) is 43.3 Å². The van der Waals surface area contributed by atoms with E-state index in [9.17, 15) is 4.79 Å². The average molecular weight is 321 g/mol. The van der Waals surface area contributed by atoms with Crippen LogP contribution in [0, 0.1) is 6.92 Å². The molecule has 19 heavy (non-hydrogen) atoms. The number of nitrogens with two attached hydrogens (primary N) is 1. The van der Waals surface area contributed by atoms with Gasteiger partial charge in [0.1, 0.15) is 23.6 Å². The summed E-state index contributed by atoms with van der Waals surface area (Å²) in [6.45, 7) is 1.87. The SMILES string of the molecule is Cc1ccc([C@H]2[C@@H](N)C(=O)N2c2ccc(Br)cc2)o1. The van der Waals surface area contributed by atoms with Crippen LogP contribution in [0.15, 0.2) is 45.3 Å². The van der Waals surface area contributed by atoms with Gasteiger partial charge in [-0.3, -0.25) is 9.69 Å². The largest absolute Gasteiger partial charge is 0.464 e. The smallest absolute Gasteiger partial charge is 0.247 e. The van der Waals surface area contributed by atoms with Crippen LogP contribution in [0.3, 0.4) is 0 Å². The first-order valence-electron chi connectivity index (χ1n) is 5.98. The number of hydrogen-bond acceptors (Lipinski definition) is 3. The van der Waals surface area contributed by atoms with Crippen molar-refractivity contribution in [2.24, 2.45) is 5.73 Å². The maximum absolute atomic E-state index is 12.0. The molecule has 2 heterocycles. The maximum atomic E-state index is 12.0. The molecule has 1 aromatic carbocycles. The van der Waals surface area contributed by atoms with Crippen molar-refractivity contribution in [3.63, 3.8) is 0 Å². The van der Waals surface area contributed by atoms with Crippen LogP contribution in [0.5, 0.6) is 0 Å². The Morgan fingerprint density at radius 2 is 1.89 bits per heavy atom. The summed E-state index contributed by atoms with van der Waals surface area (Å²) in [5, 5.41) is 0. The predicted molar refractivity (Wildman–Crippen MR) is 75.8 cm³/mol. The predicted octanol–water partition coefficient (Wildman–Crippen LogP) is 2.77. The molecule has 1 amide bonds. The van der Waals surface area contributed by atoms with Crippen molar-refractivity contribution in [3.8, 4) is 0 Å². The summed E-state index contributed by atoms with van der Waals surface area (Å²) in [5.41, 5.74) is 6.73. The third kappa shape index (κ3) is 1.99. The van der Waals surface area contributed by atoms with Gasteiger partial charge in [0.2, 0.25) is 5.91 Å². The number of rotatable bonds is 2. The van der Waals surface area contributed by atoms with E-state index in [1.807, 2.05) is 43.3 Å². The number of β-lactam (4-membered cyclic amide) rings is 1. The van der Waals surface area contributed by atoms with Gasteiger partial charge in [-0.25, -0.2) is 0 Å². The number of anilines is 1. The van der Waals surface area contributed by atoms with Crippen LogP contribution in [-0.4, -0.2) is 11.9 Å². The molecule has 4 nitrogen and oxygen atoms in total. The Kier molecular flexibility index (Phi) is 2.95. The summed E-state index contributed by atoms with van der Waals surface area (Å²) < 4.78 is 6.57. The van der Waals surface area contributed by atoms with Crippen LogP contribution in [-0.2, 0) is 4.79 Å². The second kappa shape index (κ2) is 4.51. The molecule has 1 fully saturated rings. The molecular formula is C14H13BrN2O2. The Bertz CT molecular complexity index is 621. The second-order valence-electron chi connectivity index (χ2n) is 4.60. The van der Waals surface area contributed by atoms with Gasteiger partial charge in [-0.2, -0.15) is 0 Å². The molecule has 5 heteroatoms. The number of aryl methyl sites for hydroxylation is 1. The molecule has 0 bridgehead atoms. The molecule has 2 N–H and O–H groups in total. The lowest BCUT2D eigenvalue weighted by atomic mass is 9.92. The molecule has 0 spiro atoms. The van der Waals surface area contributed by atoms with Gasteiger partial charge in [-0.15, -0.1) is 0 Å². The molecular weight excluding hydrogens is 308 g/mol. The van der Waals surface area contributed by atoms with Crippen molar-refractivity contribution < 1.29 is 9.21 Å². The highest BCUT2D eigenvalue weighted by Crippen LogP contribution is 2.38. The van der Waals surface area contributed by atoms with E-state index in [4.69, 9.17) is 10.2 Å². The standard InChI is InChI=1S/C14H13BrN2O2/c1-8-2-7-11(19-8)13-12(16)14(18)17(13)10-5-3-9(15)4-6-10/h2-7,12-13H,16H2,1H3/t12-,13+/m1/s1. The Balaban J connectivity index is 1.95. The normalized spacial score (nSPS) is 22.5. The van der Waals surface area contributed by atoms with Crippen molar-refractivity contribution in [2.75, 3.05) is 4.90 Å². The van der Waals surface area contributed by atoms with E-state index < -0.39 is 6.04 Å². The van der Waals surface area contributed by atoms with Gasteiger partial charge >= 0.3 is 0 Å². The fourth-order valence-electron chi connectivity index (χ4n) is 2.32. The van der Waals surface area contributed by atoms with Crippen molar-refractivity contribution in [2.45, 2.75) is 19.0 Å². The molecule has 98 valence electrons. The minimum absolute atomic E-state index is 0.0821. The Labute approximate surface area is 119 Å². The summed E-state index contributed by atoms with van der Waals surface area (Å²) in [6.07, 6.45) is 0. The van der Waals surface area contributed by atoms with Gasteiger partial charge in [0.15, 0.2) is 0 Å². The van der Waals surface area contributed by atoms with Crippen molar-refractivity contribution in [1.29, 1.82) is 0 Å². The van der Waals surface area contributed by atoms with E-state index in [-0.39, 0.29) is 11.9 Å². The summed E-state index contributed by atoms with van der Waals surface area (Å²) in [4.78, 5) is 13.7. The average Bonchev–Trinajstić information content (AvgIpc) is 2.82. The van der Waals surface area contributed by atoms with Crippen LogP contribution in [0.1, 0.15) is 17.6 Å². The molecule has 3 rings (SSSR count). The third-order valence-corrected chi connectivity index (χ3v) is 3.83. The highest BCUT2D eigenvalue weighted by atomic mass is 79.9. The number of nitrogens with zero attached hydrogens (tertiary/aromatic N) is 1. The Hall–Kier alpha value is -1.59. The molecule has 0 radical (unpaired) electrons. The first-order valence-corrected chi connectivity index (χ1v) is 6.78. The van der Waals surface area contributed by atoms with Crippen molar-refractivity contribution in [1.82, 2.24) is 0 Å². The molecule has 1 saturated heterocycles. The van der Waals surface area contributed by atoms with Crippen LogP contribution < -0.4 is 10.6 Å². The number of benzene rings is 1. The lowest BCUT2D eigenvalue weighted by Gasteiger charge is -2.44. The molecule has 0 aliphatic carbocycles. The number of hydrogen-bond donors (Lipinski definition) is 1. The quantitative estimate of drug-likeness (QED) is 0.865. The van der Waals surface area contributed by atoms with Gasteiger partial charge < -0.3 is 10.2 Å². The highest BCUT2D eigenvalue weighted by molar-refractivity contribution is 9.10. The zero-order valence-electron chi connectivity index (χ0n) is 10.3. The molecule has 1 aliphatic heterocycles. The lowest BCUT2D eigenvalue weighted by Crippen LogP contribution is -2.63. The van der Waals surface area contributed by atoms with E-state index in [1.54, 1.807) is 4.90 Å². The fraction of sp³-hybridized carbons (Fsp3) is 0.214. The highest BCUT2D eigenvalue weighted by Gasteiger charge is 2.48. The van der Waals surface area contributed by atoms with Crippen LogP contribution in [0.25, 0.3) is 0 Å². The van der Waals surface area contributed by atoms with Gasteiger partial charge in [0, 0.05) is 10.2 Å². The topological polar surface area (TPSA) is 59.5 Å². The number of halogens is 1. The van der Waals surface area contributed by atoms with E-state index in [0.29, 0.717) is 0 Å². The first kappa shape index (κ1) is 12.4. The first-order chi connectivity index (χ1) is 9.08. The minimum atomic E-state index is -0.533. The maximum Gasteiger partial charge on any atom is 0.247 e. The molecule has 0 unspecified atom stereocenters. The summed E-state index contributed by atoms with van der Waals surface area (Å²) >= 11 is 3.38. The number of amides is 1. The molecule has 1 aromatic heterocycles. The van der Waals surface area contributed by atoms with Gasteiger partial charge in [0.05, 0.1) is 0 Å². The number of carbonyl (C=O) groups is 1. The van der Waals surface area contributed by atoms with Crippen molar-refractivity contribution >= 4 is 27.5 Å². The molecule has 2 atom stereocenters. The number of carbonyl (C=O) groups excluding carboxylic acids is 1.